The maximum atomic E-state index is 13.2. The molecule has 0 aliphatic carbocycles. The van der Waals surface area contributed by atoms with E-state index in [9.17, 15) is 19.2 Å². The molecule has 2 unspecified atom stereocenters. The van der Waals surface area contributed by atoms with Gasteiger partial charge in [0, 0.05) is 10.4 Å². The van der Waals surface area contributed by atoms with Crippen LogP contribution in [0.3, 0.4) is 0 Å². The zero-order valence-corrected chi connectivity index (χ0v) is 19.0. The van der Waals surface area contributed by atoms with Crippen LogP contribution in [0.25, 0.3) is 11.0 Å². The molecule has 1 amide bonds. The minimum atomic E-state index is -0.908. The Balaban J connectivity index is 2.25. The number of anilines is 1. The van der Waals surface area contributed by atoms with E-state index in [-0.39, 0.29) is 24.5 Å². The van der Waals surface area contributed by atoms with Gasteiger partial charge in [0.1, 0.15) is 24.2 Å². The smallest absolute Gasteiger partial charge is 0.341 e. The summed E-state index contributed by atoms with van der Waals surface area (Å²) in [6.07, 6.45) is 0.805. The Kier molecular flexibility index (Phi) is 7.08. The van der Waals surface area contributed by atoms with Crippen LogP contribution in [0, 0.1) is 0 Å². The molecule has 10 heteroatoms. The number of hydrogen-bond acceptors (Lipinski definition) is 8. The van der Waals surface area contributed by atoms with E-state index in [1.807, 2.05) is 6.92 Å². The lowest BCUT2D eigenvalue weighted by Gasteiger charge is -2.43. The van der Waals surface area contributed by atoms with E-state index in [1.54, 1.807) is 30.0 Å². The molecule has 1 aromatic heterocycles. The number of benzene rings is 1. The minimum absolute atomic E-state index is 0.245. The Labute approximate surface area is 189 Å². The number of ether oxygens (including phenoxy) is 2. The number of amides is 1. The van der Waals surface area contributed by atoms with Crippen molar-refractivity contribution in [2.24, 2.45) is 0 Å². The lowest BCUT2D eigenvalue weighted by Crippen LogP contribution is -2.57. The number of esters is 2. The zero-order valence-electron chi connectivity index (χ0n) is 18.3. The number of fused-ring (bicyclic) bond motifs is 3. The fourth-order valence-electron chi connectivity index (χ4n) is 4.17. The Hall–Kier alpha value is -3.07. The molecule has 3 rings (SSSR count). The maximum absolute atomic E-state index is 13.2. The van der Waals surface area contributed by atoms with Crippen LogP contribution in [0.1, 0.15) is 38.2 Å². The monoisotopic (exact) mass is 464 g/mol. The van der Waals surface area contributed by atoms with Crippen LogP contribution in [0.5, 0.6) is 0 Å². The van der Waals surface area contributed by atoms with Crippen molar-refractivity contribution in [2.45, 2.75) is 44.7 Å². The van der Waals surface area contributed by atoms with Crippen LogP contribution >= 0.6 is 11.6 Å². The Morgan fingerprint density at radius 1 is 1.28 bits per heavy atom. The highest BCUT2D eigenvalue weighted by Gasteiger charge is 2.43. The second-order valence-corrected chi connectivity index (χ2v) is 7.99. The van der Waals surface area contributed by atoms with E-state index in [4.69, 9.17) is 20.8 Å². The lowest BCUT2D eigenvalue weighted by molar-refractivity contribution is -0.143. The highest BCUT2D eigenvalue weighted by molar-refractivity contribution is 6.31. The van der Waals surface area contributed by atoms with Gasteiger partial charge in [-0.05, 0) is 43.9 Å². The number of halogens is 1. The summed E-state index contributed by atoms with van der Waals surface area (Å²) in [6.45, 7) is 3.17. The molecule has 0 saturated heterocycles. The molecule has 1 aromatic carbocycles. The van der Waals surface area contributed by atoms with Crippen LogP contribution in [-0.4, -0.2) is 50.7 Å². The second-order valence-electron chi connectivity index (χ2n) is 7.55. The molecule has 0 spiro atoms. The molecule has 2 heterocycles. The van der Waals surface area contributed by atoms with Crippen molar-refractivity contribution in [2.75, 3.05) is 25.7 Å². The standard InChI is InChI=1S/C22H25ClN2O7/c1-5-12-8-15(20(27)24-10-17(26)30-3)25(11(2)21(28)31-4)19-14-9-13(23)6-7-16(14)32-22(29)18(12)19/h6-7,9,11-12,15H,5,8,10H2,1-4H3,(H,24,27)/t11?,12-,15?/m1/s1. The van der Waals surface area contributed by atoms with Crippen LogP contribution in [-0.2, 0) is 23.9 Å². The predicted molar refractivity (Wildman–Crippen MR) is 118 cm³/mol. The van der Waals surface area contributed by atoms with Crippen molar-refractivity contribution in [3.63, 3.8) is 0 Å². The number of methoxy groups -OCH3 is 2. The van der Waals surface area contributed by atoms with Gasteiger partial charge in [-0.1, -0.05) is 18.5 Å². The third-order valence-electron chi connectivity index (χ3n) is 5.77. The molecule has 1 aliphatic heterocycles. The molecule has 0 radical (unpaired) electrons. The third-order valence-corrected chi connectivity index (χ3v) is 6.01. The number of hydrogen-bond donors (Lipinski definition) is 1. The average molecular weight is 465 g/mol. The average Bonchev–Trinajstić information content (AvgIpc) is 2.80. The Bertz CT molecular complexity index is 1110. The number of carbonyl (C=O) groups excluding carboxylic acids is 3. The first-order chi connectivity index (χ1) is 15.2. The Morgan fingerprint density at radius 3 is 2.62 bits per heavy atom. The van der Waals surface area contributed by atoms with Gasteiger partial charge in [-0.15, -0.1) is 0 Å². The first-order valence-corrected chi connectivity index (χ1v) is 10.6. The molecular formula is C22H25ClN2O7. The number of rotatable bonds is 6. The van der Waals surface area contributed by atoms with Crippen LogP contribution in [0.2, 0.25) is 5.02 Å². The third kappa shape index (κ3) is 4.29. The first kappa shape index (κ1) is 23.6. The summed E-state index contributed by atoms with van der Waals surface area (Å²) in [4.78, 5) is 51.8. The van der Waals surface area contributed by atoms with Gasteiger partial charge in [0.2, 0.25) is 5.91 Å². The quantitative estimate of drug-likeness (QED) is 0.511. The van der Waals surface area contributed by atoms with Crippen molar-refractivity contribution < 1.29 is 28.3 Å². The summed E-state index contributed by atoms with van der Waals surface area (Å²) in [5, 5.41) is 3.47. The summed E-state index contributed by atoms with van der Waals surface area (Å²) in [5.74, 6) is -1.97. The highest BCUT2D eigenvalue weighted by atomic mass is 35.5. The van der Waals surface area contributed by atoms with Gasteiger partial charge in [-0.3, -0.25) is 9.59 Å². The largest absolute Gasteiger partial charge is 0.468 e. The van der Waals surface area contributed by atoms with Crippen molar-refractivity contribution in [1.29, 1.82) is 0 Å². The molecule has 1 aliphatic rings. The van der Waals surface area contributed by atoms with Crippen molar-refractivity contribution in [1.82, 2.24) is 5.32 Å². The zero-order chi connectivity index (χ0) is 23.6. The van der Waals surface area contributed by atoms with E-state index < -0.39 is 35.6 Å². The van der Waals surface area contributed by atoms with Gasteiger partial charge < -0.3 is 24.1 Å². The molecule has 0 saturated carbocycles. The van der Waals surface area contributed by atoms with Crippen molar-refractivity contribution in [3.8, 4) is 0 Å². The summed E-state index contributed by atoms with van der Waals surface area (Å²) < 4.78 is 15.1. The number of carbonyl (C=O) groups is 3. The summed E-state index contributed by atoms with van der Waals surface area (Å²) in [6, 6.07) is 3.04. The fourth-order valence-corrected chi connectivity index (χ4v) is 4.34. The van der Waals surface area contributed by atoms with Gasteiger partial charge in [0.25, 0.3) is 0 Å². The topological polar surface area (TPSA) is 115 Å². The van der Waals surface area contributed by atoms with Gasteiger partial charge in [0.05, 0.1) is 25.5 Å². The molecule has 3 atom stereocenters. The molecule has 32 heavy (non-hydrogen) atoms. The highest BCUT2D eigenvalue weighted by Crippen LogP contribution is 2.44. The molecule has 1 N–H and O–H groups in total. The van der Waals surface area contributed by atoms with E-state index >= 15 is 0 Å². The maximum Gasteiger partial charge on any atom is 0.341 e. The van der Waals surface area contributed by atoms with Crippen LogP contribution in [0.4, 0.5) is 5.69 Å². The Morgan fingerprint density at radius 2 is 2.00 bits per heavy atom. The lowest BCUT2D eigenvalue weighted by atomic mass is 9.82. The number of nitrogens with zero attached hydrogens (tertiary/aromatic N) is 1. The molecular weight excluding hydrogens is 440 g/mol. The van der Waals surface area contributed by atoms with Gasteiger partial charge in [-0.25, -0.2) is 9.59 Å². The summed E-state index contributed by atoms with van der Waals surface area (Å²) in [5.41, 5.74) is 0.547. The van der Waals surface area contributed by atoms with Crippen LogP contribution < -0.4 is 15.8 Å². The van der Waals surface area contributed by atoms with E-state index in [1.165, 1.54) is 14.2 Å². The van der Waals surface area contributed by atoms with E-state index in [2.05, 4.69) is 10.1 Å². The molecule has 9 nitrogen and oxygen atoms in total. The van der Waals surface area contributed by atoms with E-state index in [0.29, 0.717) is 28.1 Å². The minimum Gasteiger partial charge on any atom is -0.468 e. The second kappa shape index (κ2) is 9.60. The number of nitrogens with one attached hydrogen (secondary N) is 1. The molecule has 0 bridgehead atoms. The normalized spacial score (nSPS) is 18.6. The van der Waals surface area contributed by atoms with Crippen molar-refractivity contribution >= 4 is 46.1 Å². The van der Waals surface area contributed by atoms with Gasteiger partial charge in [-0.2, -0.15) is 0 Å². The van der Waals surface area contributed by atoms with E-state index in [0.717, 1.165) is 0 Å². The predicted octanol–water partition coefficient (Wildman–Crippen LogP) is 2.37. The fraction of sp³-hybridized carbons (Fsp3) is 0.455. The molecule has 2 aromatic rings. The van der Waals surface area contributed by atoms with Crippen molar-refractivity contribution in [3.05, 3.63) is 39.2 Å². The van der Waals surface area contributed by atoms with Gasteiger partial charge in [0.15, 0.2) is 0 Å². The SMILES string of the molecule is CC[C@@H]1CC(C(=O)NCC(=O)OC)N(C(C)C(=O)OC)c2c1c(=O)oc1ccc(Cl)cc21. The van der Waals surface area contributed by atoms with Crippen LogP contribution in [0.15, 0.2) is 27.4 Å². The van der Waals surface area contributed by atoms with Gasteiger partial charge >= 0.3 is 17.6 Å². The first-order valence-electron chi connectivity index (χ1n) is 10.2. The summed E-state index contributed by atoms with van der Waals surface area (Å²) >= 11 is 6.23. The summed E-state index contributed by atoms with van der Waals surface area (Å²) in [7, 11) is 2.47. The molecule has 0 fully saturated rings. The molecule has 172 valence electrons.